The molecule has 0 aliphatic carbocycles. The molecule has 3 rings (SSSR count). The molecule has 0 aliphatic rings. The normalized spacial score (nSPS) is 10.1. The zero-order valence-corrected chi connectivity index (χ0v) is 13.9. The molecule has 0 aliphatic heterocycles. The van der Waals surface area contributed by atoms with Crippen LogP contribution in [0.5, 0.6) is 5.75 Å². The van der Waals surface area contributed by atoms with Gasteiger partial charge in [-0.2, -0.15) is 0 Å². The lowest BCUT2D eigenvalue weighted by Crippen LogP contribution is -2.14. The highest BCUT2D eigenvalue weighted by Gasteiger charge is 2.05. The van der Waals surface area contributed by atoms with Gasteiger partial charge in [0, 0.05) is 11.8 Å². The van der Waals surface area contributed by atoms with Crippen LogP contribution in [0.2, 0.25) is 0 Å². The van der Waals surface area contributed by atoms with E-state index in [9.17, 15) is 4.79 Å². The fourth-order valence-corrected chi connectivity index (χ4v) is 2.38. The van der Waals surface area contributed by atoms with E-state index < -0.39 is 0 Å². The standard InChI is InChI=1S/C20H19N3O2/c1-25-18-9-5-8-16(13-18)22-19-11-10-17(14-21-19)23-20(24)12-15-6-3-2-4-7-15/h2-11,13-14H,12H2,1H3,(H,21,22)(H,23,24). The van der Waals surface area contributed by atoms with Gasteiger partial charge in [-0.25, -0.2) is 4.98 Å². The van der Waals surface area contributed by atoms with Crippen LogP contribution in [0.3, 0.4) is 0 Å². The van der Waals surface area contributed by atoms with Gasteiger partial charge in [0.2, 0.25) is 5.91 Å². The second-order valence-corrected chi connectivity index (χ2v) is 5.50. The number of hydrogen-bond donors (Lipinski definition) is 2. The van der Waals surface area contributed by atoms with Crippen LogP contribution >= 0.6 is 0 Å². The van der Waals surface area contributed by atoms with Gasteiger partial charge < -0.3 is 15.4 Å². The molecule has 3 aromatic rings. The van der Waals surface area contributed by atoms with E-state index >= 15 is 0 Å². The minimum atomic E-state index is -0.0681. The van der Waals surface area contributed by atoms with Gasteiger partial charge >= 0.3 is 0 Å². The third-order valence-corrected chi connectivity index (χ3v) is 3.60. The average molecular weight is 333 g/mol. The Labute approximate surface area is 146 Å². The lowest BCUT2D eigenvalue weighted by atomic mass is 10.1. The maximum atomic E-state index is 12.1. The number of carbonyl (C=O) groups excluding carboxylic acids is 1. The molecule has 0 fully saturated rings. The Balaban J connectivity index is 1.59. The molecule has 0 saturated heterocycles. The predicted molar refractivity (Wildman–Crippen MR) is 99.3 cm³/mol. The molecule has 0 atom stereocenters. The summed E-state index contributed by atoms with van der Waals surface area (Å²) in [6, 6.07) is 20.9. The number of aromatic nitrogens is 1. The van der Waals surface area contributed by atoms with Gasteiger partial charge in [0.1, 0.15) is 11.6 Å². The maximum absolute atomic E-state index is 12.1. The van der Waals surface area contributed by atoms with Gasteiger partial charge in [0.15, 0.2) is 0 Å². The fraction of sp³-hybridized carbons (Fsp3) is 0.100. The molecule has 0 bridgehead atoms. The van der Waals surface area contributed by atoms with E-state index in [1.165, 1.54) is 0 Å². The first-order valence-corrected chi connectivity index (χ1v) is 7.94. The van der Waals surface area contributed by atoms with Gasteiger partial charge in [-0.15, -0.1) is 0 Å². The molecule has 5 nitrogen and oxygen atoms in total. The number of rotatable bonds is 6. The summed E-state index contributed by atoms with van der Waals surface area (Å²) in [6.45, 7) is 0. The van der Waals surface area contributed by atoms with E-state index in [2.05, 4.69) is 15.6 Å². The fourth-order valence-electron chi connectivity index (χ4n) is 2.38. The largest absolute Gasteiger partial charge is 0.497 e. The topological polar surface area (TPSA) is 63.2 Å². The second-order valence-electron chi connectivity index (χ2n) is 5.50. The highest BCUT2D eigenvalue weighted by molar-refractivity contribution is 5.92. The molecule has 1 heterocycles. The summed E-state index contributed by atoms with van der Waals surface area (Å²) >= 11 is 0. The molecule has 2 N–H and O–H groups in total. The molecule has 126 valence electrons. The van der Waals surface area contributed by atoms with E-state index in [0.717, 1.165) is 17.0 Å². The molecule has 5 heteroatoms. The lowest BCUT2D eigenvalue weighted by molar-refractivity contribution is -0.115. The van der Waals surface area contributed by atoms with Crippen molar-refractivity contribution >= 4 is 23.1 Å². The van der Waals surface area contributed by atoms with Gasteiger partial charge in [-0.3, -0.25) is 4.79 Å². The molecule has 2 aromatic carbocycles. The SMILES string of the molecule is COc1cccc(Nc2ccc(NC(=O)Cc3ccccc3)cn2)c1. The Kier molecular flexibility index (Phi) is 5.26. The van der Waals surface area contributed by atoms with Crippen molar-refractivity contribution in [3.8, 4) is 5.75 Å². The van der Waals surface area contributed by atoms with Crippen molar-refractivity contribution in [1.82, 2.24) is 4.98 Å². The lowest BCUT2D eigenvalue weighted by Gasteiger charge is -2.09. The molecule has 0 saturated carbocycles. The summed E-state index contributed by atoms with van der Waals surface area (Å²) in [6.07, 6.45) is 1.97. The molecule has 25 heavy (non-hydrogen) atoms. The number of carbonyl (C=O) groups is 1. The number of benzene rings is 2. The van der Waals surface area contributed by atoms with Crippen LogP contribution in [-0.2, 0) is 11.2 Å². The molecule has 1 amide bonds. The van der Waals surface area contributed by atoms with Crippen molar-refractivity contribution in [1.29, 1.82) is 0 Å². The summed E-state index contributed by atoms with van der Waals surface area (Å²) in [4.78, 5) is 16.4. The van der Waals surface area contributed by atoms with Crippen LogP contribution in [0, 0.1) is 0 Å². The Morgan fingerprint density at radius 1 is 1.00 bits per heavy atom. The zero-order valence-electron chi connectivity index (χ0n) is 13.9. The Morgan fingerprint density at radius 2 is 1.84 bits per heavy atom. The number of anilines is 3. The minimum absolute atomic E-state index is 0.0681. The predicted octanol–water partition coefficient (Wildman–Crippen LogP) is 4.02. The van der Waals surface area contributed by atoms with E-state index in [1.54, 1.807) is 13.3 Å². The van der Waals surface area contributed by atoms with Crippen molar-refractivity contribution < 1.29 is 9.53 Å². The average Bonchev–Trinajstić information content (AvgIpc) is 2.64. The van der Waals surface area contributed by atoms with Gasteiger partial charge in [0.25, 0.3) is 0 Å². The number of nitrogens with one attached hydrogen (secondary N) is 2. The summed E-state index contributed by atoms with van der Waals surface area (Å²) in [5.74, 6) is 1.39. The summed E-state index contributed by atoms with van der Waals surface area (Å²) in [5, 5.41) is 6.05. The van der Waals surface area contributed by atoms with Crippen LogP contribution in [0.4, 0.5) is 17.2 Å². The first kappa shape index (κ1) is 16.5. The Hall–Kier alpha value is -3.34. The highest BCUT2D eigenvalue weighted by Crippen LogP contribution is 2.20. The number of methoxy groups -OCH3 is 1. The van der Waals surface area contributed by atoms with Gasteiger partial charge in [-0.05, 0) is 29.8 Å². The van der Waals surface area contributed by atoms with Crippen molar-refractivity contribution in [2.24, 2.45) is 0 Å². The third-order valence-electron chi connectivity index (χ3n) is 3.60. The van der Waals surface area contributed by atoms with Gasteiger partial charge in [-0.1, -0.05) is 36.4 Å². The Bertz CT molecular complexity index is 833. The number of amides is 1. The van der Waals surface area contributed by atoms with Crippen LogP contribution in [-0.4, -0.2) is 18.0 Å². The van der Waals surface area contributed by atoms with E-state index in [-0.39, 0.29) is 5.91 Å². The number of ether oxygens (including phenoxy) is 1. The number of nitrogens with zero attached hydrogens (tertiary/aromatic N) is 1. The Morgan fingerprint density at radius 3 is 2.56 bits per heavy atom. The van der Waals surface area contributed by atoms with Crippen molar-refractivity contribution in [2.75, 3.05) is 17.7 Å². The molecular formula is C20H19N3O2. The molecule has 0 spiro atoms. The molecule has 1 aromatic heterocycles. The summed E-state index contributed by atoms with van der Waals surface area (Å²) in [5.41, 5.74) is 2.52. The van der Waals surface area contributed by atoms with E-state index in [4.69, 9.17) is 4.74 Å². The number of hydrogen-bond acceptors (Lipinski definition) is 4. The number of pyridine rings is 1. The van der Waals surface area contributed by atoms with Crippen molar-refractivity contribution in [3.63, 3.8) is 0 Å². The van der Waals surface area contributed by atoms with E-state index in [1.807, 2.05) is 66.7 Å². The monoisotopic (exact) mass is 333 g/mol. The molecule has 0 radical (unpaired) electrons. The summed E-state index contributed by atoms with van der Waals surface area (Å²) in [7, 11) is 1.63. The van der Waals surface area contributed by atoms with Crippen LogP contribution in [0.1, 0.15) is 5.56 Å². The highest BCUT2D eigenvalue weighted by atomic mass is 16.5. The summed E-state index contributed by atoms with van der Waals surface area (Å²) < 4.78 is 5.20. The quantitative estimate of drug-likeness (QED) is 0.715. The smallest absolute Gasteiger partial charge is 0.228 e. The first-order valence-electron chi connectivity index (χ1n) is 7.94. The minimum Gasteiger partial charge on any atom is -0.497 e. The molecular weight excluding hydrogens is 314 g/mol. The van der Waals surface area contributed by atoms with E-state index in [0.29, 0.717) is 17.9 Å². The van der Waals surface area contributed by atoms with Crippen LogP contribution < -0.4 is 15.4 Å². The third kappa shape index (κ3) is 4.81. The van der Waals surface area contributed by atoms with Crippen LogP contribution in [0.25, 0.3) is 0 Å². The van der Waals surface area contributed by atoms with Crippen molar-refractivity contribution in [2.45, 2.75) is 6.42 Å². The van der Waals surface area contributed by atoms with Crippen molar-refractivity contribution in [3.05, 3.63) is 78.5 Å². The van der Waals surface area contributed by atoms with Gasteiger partial charge in [0.05, 0.1) is 25.4 Å². The first-order chi connectivity index (χ1) is 12.2. The molecule has 0 unspecified atom stereocenters. The maximum Gasteiger partial charge on any atom is 0.228 e. The second kappa shape index (κ2) is 7.97. The zero-order chi connectivity index (χ0) is 17.5. The van der Waals surface area contributed by atoms with Crippen LogP contribution in [0.15, 0.2) is 72.9 Å².